The molecule has 132 valence electrons. The maximum Gasteiger partial charge on any atom is 0.340 e. The molecule has 0 aliphatic heterocycles. The lowest BCUT2D eigenvalue weighted by atomic mass is 9.96. The summed E-state index contributed by atoms with van der Waals surface area (Å²) in [5.41, 5.74) is 3.50. The Morgan fingerprint density at radius 1 is 1.20 bits per heavy atom. The average Bonchev–Trinajstić information content (AvgIpc) is 3.34. The third-order valence-electron chi connectivity index (χ3n) is 4.97. The number of H-pyrrole nitrogens is 1. The van der Waals surface area contributed by atoms with E-state index in [2.05, 4.69) is 22.4 Å². The number of amides is 1. The topological polar surface area (TPSA) is 71.2 Å². The van der Waals surface area contributed by atoms with Crippen LogP contribution < -0.4 is 5.32 Å². The van der Waals surface area contributed by atoms with Gasteiger partial charge in [-0.3, -0.25) is 4.79 Å². The van der Waals surface area contributed by atoms with Crippen molar-refractivity contribution in [3.05, 3.63) is 58.4 Å². The number of benzene rings is 1. The first-order chi connectivity index (χ1) is 12.0. The number of nitrogens with one attached hydrogen (secondary N) is 2. The van der Waals surface area contributed by atoms with E-state index in [0.717, 1.165) is 12.8 Å². The maximum atomic E-state index is 12.6. The van der Waals surface area contributed by atoms with Crippen molar-refractivity contribution in [2.24, 2.45) is 0 Å². The zero-order chi connectivity index (χ0) is 18.0. The highest BCUT2D eigenvalue weighted by atomic mass is 16.5. The molecule has 5 nitrogen and oxygen atoms in total. The number of carbonyl (C=O) groups is 2. The molecule has 0 bridgehead atoms. The van der Waals surface area contributed by atoms with E-state index >= 15 is 0 Å². The molecule has 1 amide bonds. The largest absolute Gasteiger partial charge is 0.462 e. The molecular formula is C20H24N2O3. The lowest BCUT2D eigenvalue weighted by Gasteiger charge is -2.16. The second kappa shape index (κ2) is 6.75. The number of ether oxygens (including phenoxy) is 1. The molecule has 1 aromatic carbocycles. The van der Waals surface area contributed by atoms with Gasteiger partial charge in [0.25, 0.3) is 5.91 Å². The van der Waals surface area contributed by atoms with Crippen molar-refractivity contribution < 1.29 is 14.3 Å². The predicted molar refractivity (Wildman–Crippen MR) is 95.9 cm³/mol. The minimum absolute atomic E-state index is 0.0520. The Labute approximate surface area is 147 Å². The fraction of sp³-hybridized carbons (Fsp3) is 0.400. The van der Waals surface area contributed by atoms with E-state index in [4.69, 9.17) is 4.74 Å². The number of aromatic nitrogens is 1. The van der Waals surface area contributed by atoms with Gasteiger partial charge in [0.15, 0.2) is 0 Å². The molecule has 1 fully saturated rings. The smallest absolute Gasteiger partial charge is 0.340 e. The van der Waals surface area contributed by atoms with Crippen molar-refractivity contribution in [2.75, 3.05) is 13.2 Å². The summed E-state index contributed by atoms with van der Waals surface area (Å²) in [6.45, 7) is 6.23. The Balaban J connectivity index is 1.72. The van der Waals surface area contributed by atoms with Crippen molar-refractivity contribution in [1.82, 2.24) is 10.3 Å². The lowest BCUT2D eigenvalue weighted by molar-refractivity contribution is 0.0525. The van der Waals surface area contributed by atoms with Crippen LogP contribution in [0, 0.1) is 13.8 Å². The average molecular weight is 340 g/mol. The molecule has 25 heavy (non-hydrogen) atoms. The van der Waals surface area contributed by atoms with Crippen LogP contribution in [0.15, 0.2) is 30.3 Å². The van der Waals surface area contributed by atoms with E-state index in [1.165, 1.54) is 5.56 Å². The molecule has 1 heterocycles. The maximum absolute atomic E-state index is 12.6. The highest BCUT2D eigenvalue weighted by molar-refractivity contribution is 6.00. The summed E-state index contributed by atoms with van der Waals surface area (Å²) < 4.78 is 5.07. The summed E-state index contributed by atoms with van der Waals surface area (Å²) in [7, 11) is 0. The summed E-state index contributed by atoms with van der Waals surface area (Å²) in [5, 5.41) is 3.03. The third-order valence-corrected chi connectivity index (χ3v) is 4.97. The van der Waals surface area contributed by atoms with Gasteiger partial charge in [0.05, 0.1) is 12.2 Å². The van der Waals surface area contributed by atoms with Gasteiger partial charge in [-0.15, -0.1) is 0 Å². The first-order valence-corrected chi connectivity index (χ1v) is 8.68. The van der Waals surface area contributed by atoms with E-state index in [9.17, 15) is 9.59 Å². The monoisotopic (exact) mass is 340 g/mol. The summed E-state index contributed by atoms with van der Waals surface area (Å²) >= 11 is 0. The van der Waals surface area contributed by atoms with E-state index in [1.807, 2.05) is 18.2 Å². The van der Waals surface area contributed by atoms with Crippen LogP contribution in [0.4, 0.5) is 0 Å². The number of aryl methyl sites for hydroxylation is 1. The first kappa shape index (κ1) is 17.3. The fourth-order valence-electron chi connectivity index (χ4n) is 3.33. The van der Waals surface area contributed by atoms with Gasteiger partial charge in [-0.05, 0) is 44.7 Å². The van der Waals surface area contributed by atoms with Gasteiger partial charge in [0.2, 0.25) is 0 Å². The van der Waals surface area contributed by atoms with Crippen LogP contribution >= 0.6 is 0 Å². The second-order valence-corrected chi connectivity index (χ2v) is 6.67. The zero-order valence-corrected chi connectivity index (χ0v) is 14.9. The molecule has 5 heteroatoms. The van der Waals surface area contributed by atoms with Crippen LogP contribution in [0.3, 0.4) is 0 Å². The van der Waals surface area contributed by atoms with Crippen LogP contribution in [0.25, 0.3) is 0 Å². The molecule has 1 aliphatic rings. The number of aromatic amines is 1. The number of hydrogen-bond acceptors (Lipinski definition) is 3. The van der Waals surface area contributed by atoms with Crippen molar-refractivity contribution in [1.29, 1.82) is 0 Å². The van der Waals surface area contributed by atoms with Gasteiger partial charge in [-0.2, -0.15) is 0 Å². The molecule has 0 unspecified atom stereocenters. The second-order valence-electron chi connectivity index (χ2n) is 6.67. The Morgan fingerprint density at radius 2 is 1.88 bits per heavy atom. The van der Waals surface area contributed by atoms with Crippen LogP contribution in [0.1, 0.15) is 57.4 Å². The molecule has 2 N–H and O–H groups in total. The Bertz CT molecular complexity index is 789. The van der Waals surface area contributed by atoms with Gasteiger partial charge in [0.1, 0.15) is 5.69 Å². The van der Waals surface area contributed by atoms with Crippen molar-refractivity contribution in [3.8, 4) is 0 Å². The molecule has 0 spiro atoms. The van der Waals surface area contributed by atoms with Crippen molar-refractivity contribution >= 4 is 11.9 Å². The molecule has 0 atom stereocenters. The Kier molecular flexibility index (Phi) is 4.66. The Morgan fingerprint density at radius 3 is 2.48 bits per heavy atom. The highest BCUT2D eigenvalue weighted by Gasteiger charge is 2.44. The standard InChI is InChI=1S/C20H24N2O3/c1-4-25-19(24)16-13(2)17(22-14(16)3)18(23)21-12-20(10-11-20)15-8-6-5-7-9-15/h5-9,22H,4,10-12H2,1-3H3,(H,21,23). The number of rotatable bonds is 6. The van der Waals surface area contributed by atoms with Gasteiger partial charge in [-0.25, -0.2) is 4.79 Å². The molecule has 1 saturated carbocycles. The quantitative estimate of drug-likeness (QED) is 0.793. The normalized spacial score (nSPS) is 14.8. The van der Waals surface area contributed by atoms with E-state index in [1.54, 1.807) is 20.8 Å². The van der Waals surface area contributed by atoms with E-state index in [-0.39, 0.29) is 11.3 Å². The van der Waals surface area contributed by atoms with Crippen LogP contribution in [-0.2, 0) is 10.2 Å². The van der Waals surface area contributed by atoms with Crippen molar-refractivity contribution in [2.45, 2.75) is 39.0 Å². The summed E-state index contributed by atoms with van der Waals surface area (Å²) in [6, 6.07) is 10.3. The molecule has 1 aliphatic carbocycles. The molecular weight excluding hydrogens is 316 g/mol. The van der Waals surface area contributed by atoms with Crippen LogP contribution in [0.5, 0.6) is 0 Å². The lowest BCUT2D eigenvalue weighted by Crippen LogP contribution is -2.32. The molecule has 2 aromatic rings. The van der Waals surface area contributed by atoms with Crippen molar-refractivity contribution in [3.63, 3.8) is 0 Å². The number of hydrogen-bond donors (Lipinski definition) is 2. The first-order valence-electron chi connectivity index (χ1n) is 8.68. The number of carbonyl (C=O) groups excluding carboxylic acids is 2. The minimum Gasteiger partial charge on any atom is -0.462 e. The molecule has 0 radical (unpaired) electrons. The third kappa shape index (κ3) is 3.31. The van der Waals surface area contributed by atoms with E-state index in [0.29, 0.717) is 35.7 Å². The van der Waals surface area contributed by atoms with Gasteiger partial charge in [-0.1, -0.05) is 30.3 Å². The van der Waals surface area contributed by atoms with Crippen LogP contribution in [0.2, 0.25) is 0 Å². The highest BCUT2D eigenvalue weighted by Crippen LogP contribution is 2.47. The van der Waals surface area contributed by atoms with Gasteiger partial charge in [0, 0.05) is 17.7 Å². The zero-order valence-electron chi connectivity index (χ0n) is 14.9. The predicted octanol–water partition coefficient (Wildman–Crippen LogP) is 3.27. The van der Waals surface area contributed by atoms with Crippen LogP contribution in [-0.4, -0.2) is 30.0 Å². The van der Waals surface area contributed by atoms with Gasteiger partial charge >= 0.3 is 5.97 Å². The molecule has 3 rings (SSSR count). The molecule has 1 aromatic heterocycles. The fourth-order valence-corrected chi connectivity index (χ4v) is 3.33. The SMILES string of the molecule is CCOC(=O)c1c(C)[nH]c(C(=O)NCC2(c3ccccc3)CC2)c1C. The summed E-state index contributed by atoms with van der Waals surface area (Å²) in [5.74, 6) is -0.575. The minimum atomic E-state index is -0.393. The summed E-state index contributed by atoms with van der Waals surface area (Å²) in [6.07, 6.45) is 2.15. The Hall–Kier alpha value is -2.56. The van der Waals surface area contributed by atoms with E-state index < -0.39 is 5.97 Å². The summed E-state index contributed by atoms with van der Waals surface area (Å²) in [4.78, 5) is 27.7. The van der Waals surface area contributed by atoms with Gasteiger partial charge < -0.3 is 15.0 Å². The number of esters is 1. The molecule has 0 saturated heterocycles.